The Hall–Kier alpha value is -2.13. The van der Waals surface area contributed by atoms with Crippen molar-refractivity contribution < 1.29 is 9.53 Å². The SMILES string of the molecule is O=C(C1CCOC1)N(CCc1ccccc1)Cc1ccccc1. The van der Waals surface area contributed by atoms with E-state index in [4.69, 9.17) is 4.74 Å². The van der Waals surface area contributed by atoms with Crippen LogP contribution >= 0.6 is 0 Å². The first-order valence-electron chi connectivity index (χ1n) is 8.27. The number of carbonyl (C=O) groups excluding carboxylic acids is 1. The maximum absolute atomic E-state index is 12.8. The van der Waals surface area contributed by atoms with Crippen LogP contribution in [0.4, 0.5) is 0 Å². The lowest BCUT2D eigenvalue weighted by atomic mass is 10.1. The van der Waals surface area contributed by atoms with Gasteiger partial charge in [-0.1, -0.05) is 60.7 Å². The van der Waals surface area contributed by atoms with E-state index < -0.39 is 0 Å². The van der Waals surface area contributed by atoms with E-state index >= 15 is 0 Å². The number of hydrogen-bond donors (Lipinski definition) is 0. The highest BCUT2D eigenvalue weighted by Crippen LogP contribution is 2.18. The first kappa shape index (κ1) is 15.8. The molecular weight excluding hydrogens is 286 g/mol. The van der Waals surface area contributed by atoms with Crippen molar-refractivity contribution in [1.29, 1.82) is 0 Å². The summed E-state index contributed by atoms with van der Waals surface area (Å²) in [4.78, 5) is 14.8. The van der Waals surface area contributed by atoms with Crippen molar-refractivity contribution in [2.45, 2.75) is 19.4 Å². The van der Waals surface area contributed by atoms with Crippen molar-refractivity contribution in [3.63, 3.8) is 0 Å². The van der Waals surface area contributed by atoms with E-state index in [1.54, 1.807) is 0 Å². The first-order chi connectivity index (χ1) is 11.3. The molecule has 3 heteroatoms. The van der Waals surface area contributed by atoms with Crippen molar-refractivity contribution in [2.75, 3.05) is 19.8 Å². The highest BCUT2D eigenvalue weighted by atomic mass is 16.5. The van der Waals surface area contributed by atoms with Gasteiger partial charge in [0.2, 0.25) is 5.91 Å². The summed E-state index contributed by atoms with van der Waals surface area (Å²) in [7, 11) is 0. The number of carbonyl (C=O) groups is 1. The highest BCUT2D eigenvalue weighted by Gasteiger charge is 2.27. The first-order valence-corrected chi connectivity index (χ1v) is 8.27. The molecule has 3 rings (SSSR count). The number of ether oxygens (including phenoxy) is 1. The zero-order valence-electron chi connectivity index (χ0n) is 13.4. The fraction of sp³-hybridized carbons (Fsp3) is 0.350. The molecule has 120 valence electrons. The minimum Gasteiger partial charge on any atom is -0.381 e. The third-order valence-corrected chi connectivity index (χ3v) is 4.32. The van der Waals surface area contributed by atoms with Crippen LogP contribution in [0.15, 0.2) is 60.7 Å². The molecule has 1 unspecified atom stereocenters. The second kappa shape index (κ2) is 7.93. The lowest BCUT2D eigenvalue weighted by Gasteiger charge is -2.25. The fourth-order valence-corrected chi connectivity index (χ4v) is 2.97. The molecule has 0 bridgehead atoms. The lowest BCUT2D eigenvalue weighted by Crippen LogP contribution is -2.37. The molecular formula is C20H23NO2. The maximum Gasteiger partial charge on any atom is 0.228 e. The Labute approximate surface area is 137 Å². The van der Waals surface area contributed by atoms with Crippen LogP contribution in [0.3, 0.4) is 0 Å². The standard InChI is InChI=1S/C20H23NO2/c22-20(19-12-14-23-16-19)21(15-18-9-5-2-6-10-18)13-11-17-7-3-1-4-8-17/h1-10,19H,11-16H2. The van der Waals surface area contributed by atoms with Crippen molar-refractivity contribution in [1.82, 2.24) is 4.90 Å². The Kier molecular flexibility index (Phi) is 5.43. The molecule has 1 heterocycles. The molecule has 1 atom stereocenters. The molecule has 3 nitrogen and oxygen atoms in total. The number of hydrogen-bond acceptors (Lipinski definition) is 2. The number of amides is 1. The Bertz CT molecular complexity index is 606. The van der Waals surface area contributed by atoms with Gasteiger partial charge in [-0.15, -0.1) is 0 Å². The van der Waals surface area contributed by atoms with Crippen LogP contribution in [0, 0.1) is 5.92 Å². The molecule has 0 radical (unpaired) electrons. The summed E-state index contributed by atoms with van der Waals surface area (Å²) < 4.78 is 5.39. The Morgan fingerprint density at radius 1 is 1.00 bits per heavy atom. The van der Waals surface area contributed by atoms with Crippen LogP contribution in [-0.4, -0.2) is 30.6 Å². The molecule has 23 heavy (non-hydrogen) atoms. The lowest BCUT2D eigenvalue weighted by molar-refractivity contribution is -0.136. The van der Waals surface area contributed by atoms with Gasteiger partial charge in [0.1, 0.15) is 0 Å². The van der Waals surface area contributed by atoms with Gasteiger partial charge < -0.3 is 9.64 Å². The van der Waals surface area contributed by atoms with Gasteiger partial charge in [0.25, 0.3) is 0 Å². The third-order valence-electron chi connectivity index (χ3n) is 4.32. The van der Waals surface area contributed by atoms with Crippen LogP contribution in [0.5, 0.6) is 0 Å². The predicted molar refractivity (Wildman–Crippen MR) is 90.9 cm³/mol. The van der Waals surface area contributed by atoms with Gasteiger partial charge in [0.05, 0.1) is 12.5 Å². The van der Waals surface area contributed by atoms with Gasteiger partial charge in [-0.05, 0) is 24.0 Å². The van der Waals surface area contributed by atoms with Crippen LogP contribution in [0.2, 0.25) is 0 Å². The molecule has 0 aromatic heterocycles. The van der Waals surface area contributed by atoms with Crippen LogP contribution in [0.25, 0.3) is 0 Å². The van der Waals surface area contributed by atoms with E-state index in [0.717, 1.165) is 19.4 Å². The van der Waals surface area contributed by atoms with Crippen molar-refractivity contribution >= 4 is 5.91 Å². The third kappa shape index (κ3) is 4.42. The average Bonchev–Trinajstić information content (AvgIpc) is 3.14. The summed E-state index contributed by atoms with van der Waals surface area (Å²) in [5.41, 5.74) is 2.44. The summed E-state index contributed by atoms with van der Waals surface area (Å²) in [5.74, 6) is 0.247. The van der Waals surface area contributed by atoms with Gasteiger partial charge in [0.15, 0.2) is 0 Å². The Morgan fingerprint density at radius 3 is 2.26 bits per heavy atom. The van der Waals surface area contributed by atoms with Crippen LogP contribution in [-0.2, 0) is 22.5 Å². The monoisotopic (exact) mass is 309 g/mol. The molecule has 1 saturated heterocycles. The van der Waals surface area contributed by atoms with E-state index in [-0.39, 0.29) is 11.8 Å². The Balaban J connectivity index is 1.68. The van der Waals surface area contributed by atoms with E-state index in [1.165, 1.54) is 11.1 Å². The van der Waals surface area contributed by atoms with Crippen LogP contribution < -0.4 is 0 Å². The van der Waals surface area contributed by atoms with Crippen LogP contribution in [0.1, 0.15) is 17.5 Å². The maximum atomic E-state index is 12.8. The van der Waals surface area contributed by atoms with E-state index in [0.29, 0.717) is 19.8 Å². The van der Waals surface area contributed by atoms with Crippen molar-refractivity contribution in [3.8, 4) is 0 Å². The molecule has 0 spiro atoms. The minimum atomic E-state index is 0.0227. The van der Waals surface area contributed by atoms with Gasteiger partial charge in [0, 0.05) is 19.7 Å². The molecule has 0 N–H and O–H groups in total. The van der Waals surface area contributed by atoms with E-state index in [2.05, 4.69) is 24.3 Å². The summed E-state index contributed by atoms with van der Waals surface area (Å²) in [6.45, 7) is 2.68. The molecule has 1 aliphatic rings. The largest absolute Gasteiger partial charge is 0.381 e. The number of nitrogens with zero attached hydrogens (tertiary/aromatic N) is 1. The smallest absolute Gasteiger partial charge is 0.228 e. The number of rotatable bonds is 6. The van der Waals surface area contributed by atoms with E-state index in [1.807, 2.05) is 41.3 Å². The van der Waals surface area contributed by atoms with Gasteiger partial charge in [-0.2, -0.15) is 0 Å². The molecule has 1 fully saturated rings. The molecule has 2 aromatic rings. The van der Waals surface area contributed by atoms with Crippen molar-refractivity contribution in [2.24, 2.45) is 5.92 Å². The van der Waals surface area contributed by atoms with Gasteiger partial charge >= 0.3 is 0 Å². The quantitative estimate of drug-likeness (QED) is 0.819. The average molecular weight is 309 g/mol. The molecule has 1 amide bonds. The zero-order chi connectivity index (χ0) is 15.9. The zero-order valence-corrected chi connectivity index (χ0v) is 13.4. The Morgan fingerprint density at radius 2 is 1.65 bits per heavy atom. The van der Waals surface area contributed by atoms with Gasteiger partial charge in [-0.3, -0.25) is 4.79 Å². The molecule has 1 aliphatic heterocycles. The summed E-state index contributed by atoms with van der Waals surface area (Å²) in [6, 6.07) is 20.5. The molecule has 0 aliphatic carbocycles. The highest BCUT2D eigenvalue weighted by molar-refractivity contribution is 5.79. The topological polar surface area (TPSA) is 29.5 Å². The van der Waals surface area contributed by atoms with Gasteiger partial charge in [-0.25, -0.2) is 0 Å². The van der Waals surface area contributed by atoms with Crippen molar-refractivity contribution in [3.05, 3.63) is 71.8 Å². The molecule has 2 aromatic carbocycles. The summed E-state index contributed by atoms with van der Waals surface area (Å²) >= 11 is 0. The summed E-state index contributed by atoms with van der Waals surface area (Å²) in [5, 5.41) is 0. The fourth-order valence-electron chi connectivity index (χ4n) is 2.97. The second-order valence-electron chi connectivity index (χ2n) is 6.04. The predicted octanol–water partition coefficient (Wildman–Crippen LogP) is 3.29. The molecule has 0 saturated carbocycles. The number of benzene rings is 2. The summed E-state index contributed by atoms with van der Waals surface area (Å²) in [6.07, 6.45) is 1.72. The van der Waals surface area contributed by atoms with E-state index in [9.17, 15) is 4.79 Å². The second-order valence-corrected chi connectivity index (χ2v) is 6.04. The minimum absolute atomic E-state index is 0.0227. The normalized spacial score (nSPS) is 17.1.